The summed E-state index contributed by atoms with van der Waals surface area (Å²) in [6, 6.07) is -0.286. The molecule has 62 valence electrons. The Morgan fingerprint density at radius 1 is 1.73 bits per heavy atom. The smallest absolute Gasteiger partial charge is 0.381 e. The van der Waals surface area contributed by atoms with Crippen molar-refractivity contribution in [1.29, 1.82) is 0 Å². The normalized spacial score (nSPS) is 11.5. The zero-order valence-corrected chi connectivity index (χ0v) is 6.63. The van der Waals surface area contributed by atoms with Crippen LogP contribution < -0.4 is 5.73 Å². The lowest BCUT2D eigenvalue weighted by molar-refractivity contribution is -0.130. The molecule has 3 nitrogen and oxygen atoms in total. The van der Waals surface area contributed by atoms with Gasteiger partial charge in [0.15, 0.2) is 0 Å². The van der Waals surface area contributed by atoms with Gasteiger partial charge in [0.1, 0.15) is 0 Å². The van der Waals surface area contributed by atoms with Gasteiger partial charge in [-0.2, -0.15) is 0 Å². The van der Waals surface area contributed by atoms with Crippen molar-refractivity contribution in [2.24, 2.45) is 5.73 Å². The van der Waals surface area contributed by atoms with Gasteiger partial charge in [-0.25, -0.2) is 4.79 Å². The first-order chi connectivity index (χ1) is 5.16. The van der Waals surface area contributed by atoms with Crippen molar-refractivity contribution in [3.8, 4) is 11.8 Å². The quantitative estimate of drug-likeness (QED) is 0.586. The van der Waals surface area contributed by atoms with E-state index in [2.05, 4.69) is 12.8 Å². The fourth-order valence-electron chi connectivity index (χ4n) is 0.651. The van der Waals surface area contributed by atoms with Crippen LogP contribution in [0.4, 0.5) is 0 Å². The van der Waals surface area contributed by atoms with Crippen molar-refractivity contribution in [1.82, 2.24) is 0 Å². The molecule has 0 fully saturated rings. The van der Waals surface area contributed by atoms with Crippen molar-refractivity contribution in [2.45, 2.75) is 32.2 Å². The van der Waals surface area contributed by atoms with Crippen LogP contribution in [0.1, 0.15) is 26.2 Å². The molecule has 0 aliphatic heterocycles. The van der Waals surface area contributed by atoms with E-state index in [0.717, 1.165) is 19.3 Å². The minimum Gasteiger partial charge on any atom is -0.472 e. The Kier molecular flexibility index (Phi) is 5.22. The third kappa shape index (κ3) is 6.88. The summed E-state index contributed by atoms with van der Waals surface area (Å²) < 4.78 is 0. The lowest BCUT2D eigenvalue weighted by Gasteiger charge is -1.99. The SMILES string of the molecule is CCCCC(N)C#CC(=O)O. The fourth-order valence-corrected chi connectivity index (χ4v) is 0.651. The van der Waals surface area contributed by atoms with Crippen LogP contribution in [-0.4, -0.2) is 17.1 Å². The van der Waals surface area contributed by atoms with Crippen molar-refractivity contribution in [3.05, 3.63) is 0 Å². The molecule has 3 heteroatoms. The highest BCUT2D eigenvalue weighted by Crippen LogP contribution is 1.95. The molecule has 0 radical (unpaired) electrons. The Labute approximate surface area is 66.6 Å². The number of hydrogen-bond acceptors (Lipinski definition) is 2. The molecule has 0 saturated heterocycles. The van der Waals surface area contributed by atoms with Crippen molar-refractivity contribution in [3.63, 3.8) is 0 Å². The zero-order valence-electron chi connectivity index (χ0n) is 6.63. The van der Waals surface area contributed by atoms with E-state index >= 15 is 0 Å². The van der Waals surface area contributed by atoms with Gasteiger partial charge in [0.25, 0.3) is 0 Å². The maximum atomic E-state index is 9.95. The van der Waals surface area contributed by atoms with Crippen LogP contribution in [0.3, 0.4) is 0 Å². The first kappa shape index (κ1) is 9.99. The molecule has 0 saturated carbocycles. The van der Waals surface area contributed by atoms with Gasteiger partial charge >= 0.3 is 5.97 Å². The molecule has 0 spiro atoms. The number of unbranched alkanes of at least 4 members (excludes halogenated alkanes) is 1. The molecule has 0 heterocycles. The molecule has 1 atom stereocenters. The van der Waals surface area contributed by atoms with Crippen LogP contribution in [0.15, 0.2) is 0 Å². The van der Waals surface area contributed by atoms with E-state index in [0.29, 0.717) is 0 Å². The van der Waals surface area contributed by atoms with Gasteiger partial charge in [0.2, 0.25) is 0 Å². The fraction of sp³-hybridized carbons (Fsp3) is 0.625. The molecule has 0 aliphatic carbocycles. The van der Waals surface area contributed by atoms with Crippen LogP contribution in [-0.2, 0) is 4.79 Å². The van der Waals surface area contributed by atoms with Crippen LogP contribution in [0.25, 0.3) is 0 Å². The van der Waals surface area contributed by atoms with Crippen molar-refractivity contribution < 1.29 is 9.90 Å². The van der Waals surface area contributed by atoms with E-state index in [-0.39, 0.29) is 6.04 Å². The molecule has 11 heavy (non-hydrogen) atoms. The number of carbonyl (C=O) groups is 1. The predicted molar refractivity (Wildman–Crippen MR) is 42.9 cm³/mol. The lowest BCUT2D eigenvalue weighted by atomic mass is 10.1. The molecule has 0 aromatic heterocycles. The summed E-state index contributed by atoms with van der Waals surface area (Å²) in [7, 11) is 0. The minimum atomic E-state index is -1.11. The molecule has 1 unspecified atom stereocenters. The Morgan fingerprint density at radius 2 is 2.36 bits per heavy atom. The van der Waals surface area contributed by atoms with E-state index < -0.39 is 5.97 Å². The number of carboxylic acid groups (broad SMARTS) is 1. The monoisotopic (exact) mass is 155 g/mol. The minimum absolute atomic E-state index is 0.286. The third-order valence-electron chi connectivity index (χ3n) is 1.23. The first-order valence-electron chi connectivity index (χ1n) is 3.67. The molecule has 0 rings (SSSR count). The summed E-state index contributed by atoms with van der Waals surface area (Å²) in [6.07, 6.45) is 2.83. The van der Waals surface area contributed by atoms with Gasteiger partial charge in [-0.15, -0.1) is 0 Å². The van der Waals surface area contributed by atoms with E-state index in [4.69, 9.17) is 10.8 Å². The highest BCUT2D eigenvalue weighted by atomic mass is 16.4. The Bertz CT molecular complexity index is 178. The summed E-state index contributed by atoms with van der Waals surface area (Å²) >= 11 is 0. The van der Waals surface area contributed by atoms with E-state index in [1.807, 2.05) is 5.92 Å². The van der Waals surface area contributed by atoms with Crippen LogP contribution in [0.5, 0.6) is 0 Å². The zero-order chi connectivity index (χ0) is 8.69. The second-order valence-electron chi connectivity index (χ2n) is 2.32. The van der Waals surface area contributed by atoms with Gasteiger partial charge < -0.3 is 10.8 Å². The molecule has 0 aromatic carbocycles. The highest BCUT2D eigenvalue weighted by molar-refractivity contribution is 5.86. The summed E-state index contributed by atoms with van der Waals surface area (Å²) in [5.41, 5.74) is 5.47. The number of nitrogens with two attached hydrogens (primary N) is 1. The molecule has 0 bridgehead atoms. The lowest BCUT2D eigenvalue weighted by Crippen LogP contribution is -2.17. The number of hydrogen-bond donors (Lipinski definition) is 2. The van der Waals surface area contributed by atoms with Gasteiger partial charge in [-0.1, -0.05) is 25.7 Å². The molecule has 3 N–H and O–H groups in total. The van der Waals surface area contributed by atoms with E-state index in [1.165, 1.54) is 0 Å². The van der Waals surface area contributed by atoms with Crippen LogP contribution in [0.2, 0.25) is 0 Å². The molecule has 0 aromatic rings. The molecular formula is C8H13NO2. The average Bonchev–Trinajstić information content (AvgIpc) is 1.97. The second-order valence-corrected chi connectivity index (χ2v) is 2.32. The highest BCUT2D eigenvalue weighted by Gasteiger charge is 1.95. The van der Waals surface area contributed by atoms with Gasteiger partial charge in [-0.05, 0) is 6.42 Å². The Morgan fingerprint density at radius 3 is 2.82 bits per heavy atom. The molecule has 0 aliphatic rings. The summed E-state index contributed by atoms with van der Waals surface area (Å²) in [4.78, 5) is 9.95. The largest absolute Gasteiger partial charge is 0.472 e. The maximum Gasteiger partial charge on any atom is 0.381 e. The third-order valence-corrected chi connectivity index (χ3v) is 1.23. The second kappa shape index (κ2) is 5.75. The summed E-state index contributed by atoms with van der Waals surface area (Å²) in [5, 5.41) is 8.16. The average molecular weight is 155 g/mol. The van der Waals surface area contributed by atoms with Crippen molar-refractivity contribution in [2.75, 3.05) is 0 Å². The van der Waals surface area contributed by atoms with Gasteiger partial charge in [0.05, 0.1) is 6.04 Å². The molecular weight excluding hydrogens is 142 g/mol. The Balaban J connectivity index is 3.61. The maximum absolute atomic E-state index is 9.95. The van der Waals surface area contributed by atoms with Crippen LogP contribution >= 0.6 is 0 Å². The standard InChI is InChI=1S/C8H13NO2/c1-2-3-4-7(9)5-6-8(10)11/h7H,2-4,9H2,1H3,(H,10,11). The van der Waals surface area contributed by atoms with Crippen LogP contribution in [0, 0.1) is 11.8 Å². The number of rotatable bonds is 3. The molecule has 0 amide bonds. The predicted octanol–water partition coefficient (Wildman–Crippen LogP) is 0.592. The van der Waals surface area contributed by atoms with Gasteiger partial charge in [-0.3, -0.25) is 0 Å². The number of carboxylic acids is 1. The van der Waals surface area contributed by atoms with Crippen molar-refractivity contribution >= 4 is 5.97 Å². The van der Waals surface area contributed by atoms with E-state index in [1.54, 1.807) is 0 Å². The summed E-state index contributed by atoms with van der Waals surface area (Å²) in [5.74, 6) is 3.33. The summed E-state index contributed by atoms with van der Waals surface area (Å²) in [6.45, 7) is 2.05. The first-order valence-corrected chi connectivity index (χ1v) is 3.67. The van der Waals surface area contributed by atoms with Gasteiger partial charge in [0, 0.05) is 5.92 Å². The number of aliphatic carboxylic acids is 1. The Hall–Kier alpha value is -1.01. The topological polar surface area (TPSA) is 63.3 Å². The van der Waals surface area contributed by atoms with E-state index in [9.17, 15) is 4.79 Å².